The number of nitrogens with zero attached hydrogens (tertiary/aromatic N) is 1. The standard InChI is InChI=1S/C19H35N3O2/c1-17-16-22(2)19(20)21-18(23)14-12-10-8-6-4-3-5-7-9-11-13-15-24-17/h1,3-16H2,2H3,(H2,20,21,23). The SMILES string of the molecule is C=C1CN(C)C(=N)NC(=O)CCCCCCCCCCCCCO1. The minimum absolute atomic E-state index is 0.0761. The van der Waals surface area contributed by atoms with Gasteiger partial charge in [0.1, 0.15) is 5.76 Å². The summed E-state index contributed by atoms with van der Waals surface area (Å²) in [6, 6.07) is 0. The molecule has 1 saturated heterocycles. The lowest BCUT2D eigenvalue weighted by Gasteiger charge is -2.21. The summed E-state index contributed by atoms with van der Waals surface area (Å²) in [5.74, 6) is 0.679. The summed E-state index contributed by atoms with van der Waals surface area (Å²) < 4.78 is 5.62. The third-order valence-corrected chi connectivity index (χ3v) is 4.41. The molecule has 1 aliphatic rings. The topological polar surface area (TPSA) is 65.4 Å². The zero-order valence-electron chi connectivity index (χ0n) is 15.4. The molecule has 1 amide bonds. The molecule has 0 bridgehead atoms. The predicted octanol–water partition coefficient (Wildman–Crippen LogP) is 4.19. The van der Waals surface area contributed by atoms with E-state index in [1.165, 1.54) is 51.4 Å². The van der Waals surface area contributed by atoms with E-state index in [1.807, 2.05) is 0 Å². The van der Waals surface area contributed by atoms with Gasteiger partial charge < -0.3 is 9.64 Å². The molecule has 0 aliphatic carbocycles. The van der Waals surface area contributed by atoms with Crippen molar-refractivity contribution in [1.29, 1.82) is 5.41 Å². The van der Waals surface area contributed by atoms with Crippen LogP contribution in [0, 0.1) is 5.41 Å². The first kappa shape index (κ1) is 20.5. The van der Waals surface area contributed by atoms with Crippen molar-refractivity contribution >= 4 is 11.9 Å². The Labute approximate surface area is 147 Å². The van der Waals surface area contributed by atoms with Crippen molar-refractivity contribution < 1.29 is 9.53 Å². The number of rotatable bonds is 0. The summed E-state index contributed by atoms with van der Waals surface area (Å²) >= 11 is 0. The molecule has 0 saturated carbocycles. The predicted molar refractivity (Wildman–Crippen MR) is 99.0 cm³/mol. The van der Waals surface area contributed by atoms with Crippen molar-refractivity contribution in [3.05, 3.63) is 12.3 Å². The van der Waals surface area contributed by atoms with E-state index >= 15 is 0 Å². The molecule has 5 heteroatoms. The van der Waals surface area contributed by atoms with Crippen LogP contribution >= 0.6 is 0 Å². The smallest absolute Gasteiger partial charge is 0.226 e. The van der Waals surface area contributed by atoms with Gasteiger partial charge in [0, 0.05) is 13.5 Å². The minimum atomic E-state index is -0.0761. The molecule has 0 aromatic heterocycles. The molecule has 0 spiro atoms. The fraction of sp³-hybridized carbons (Fsp3) is 0.789. The fourth-order valence-corrected chi connectivity index (χ4v) is 2.87. The Morgan fingerprint density at radius 3 is 2.04 bits per heavy atom. The van der Waals surface area contributed by atoms with Gasteiger partial charge in [-0.15, -0.1) is 0 Å². The zero-order chi connectivity index (χ0) is 17.6. The molecule has 0 aromatic carbocycles. The Bertz CT molecular complexity index is 396. The number of likely N-dealkylation sites (N-methyl/N-ethyl adjacent to an activating group) is 1. The summed E-state index contributed by atoms with van der Waals surface area (Å²) in [6.07, 6.45) is 13.8. The largest absolute Gasteiger partial charge is 0.497 e. The van der Waals surface area contributed by atoms with Gasteiger partial charge in [-0.25, -0.2) is 0 Å². The maximum atomic E-state index is 11.9. The quantitative estimate of drug-likeness (QED) is 0.696. The van der Waals surface area contributed by atoms with E-state index in [9.17, 15) is 4.79 Å². The van der Waals surface area contributed by atoms with Gasteiger partial charge >= 0.3 is 0 Å². The first-order valence-corrected chi connectivity index (χ1v) is 9.49. The lowest BCUT2D eigenvalue weighted by molar-refractivity contribution is -0.120. The number of ether oxygens (including phenoxy) is 1. The Kier molecular flexibility index (Phi) is 11.0. The van der Waals surface area contributed by atoms with Crippen molar-refractivity contribution in [2.75, 3.05) is 20.2 Å². The van der Waals surface area contributed by atoms with Gasteiger partial charge in [0.05, 0.1) is 13.2 Å². The maximum Gasteiger partial charge on any atom is 0.226 e. The third-order valence-electron chi connectivity index (χ3n) is 4.41. The highest BCUT2D eigenvalue weighted by molar-refractivity contribution is 5.95. The van der Waals surface area contributed by atoms with Crippen LogP contribution in [0.25, 0.3) is 0 Å². The number of carbonyl (C=O) groups is 1. The van der Waals surface area contributed by atoms with Crippen LogP contribution in [-0.4, -0.2) is 37.0 Å². The first-order valence-electron chi connectivity index (χ1n) is 9.49. The second-order valence-corrected chi connectivity index (χ2v) is 6.78. The van der Waals surface area contributed by atoms with Gasteiger partial charge in [-0.2, -0.15) is 0 Å². The minimum Gasteiger partial charge on any atom is -0.497 e. The molecular formula is C19H35N3O2. The van der Waals surface area contributed by atoms with Crippen molar-refractivity contribution in [2.24, 2.45) is 0 Å². The third kappa shape index (κ3) is 10.3. The van der Waals surface area contributed by atoms with Crippen molar-refractivity contribution in [3.8, 4) is 0 Å². The summed E-state index contributed by atoms with van der Waals surface area (Å²) in [7, 11) is 1.77. The average molecular weight is 338 g/mol. The average Bonchev–Trinajstić information content (AvgIpc) is 2.54. The second kappa shape index (κ2) is 12.8. The lowest BCUT2D eigenvalue weighted by atomic mass is 10.1. The van der Waals surface area contributed by atoms with Gasteiger partial charge in [0.15, 0.2) is 5.96 Å². The van der Waals surface area contributed by atoms with Crippen LogP contribution < -0.4 is 5.32 Å². The van der Waals surface area contributed by atoms with E-state index in [1.54, 1.807) is 11.9 Å². The summed E-state index contributed by atoms with van der Waals surface area (Å²) in [5, 5.41) is 10.6. The van der Waals surface area contributed by atoms with Crippen LogP contribution in [0.15, 0.2) is 12.3 Å². The first-order chi connectivity index (χ1) is 11.6. The van der Waals surface area contributed by atoms with E-state index in [4.69, 9.17) is 10.1 Å². The van der Waals surface area contributed by atoms with E-state index in [0.717, 1.165) is 19.3 Å². The van der Waals surface area contributed by atoms with Crippen molar-refractivity contribution in [2.45, 2.75) is 77.0 Å². The van der Waals surface area contributed by atoms with E-state index < -0.39 is 0 Å². The molecule has 5 nitrogen and oxygen atoms in total. The molecule has 0 unspecified atom stereocenters. The number of guanidine groups is 1. The Morgan fingerprint density at radius 2 is 1.46 bits per heavy atom. The van der Waals surface area contributed by atoms with Gasteiger partial charge in [-0.1, -0.05) is 64.4 Å². The van der Waals surface area contributed by atoms with Gasteiger partial charge in [-0.3, -0.25) is 15.5 Å². The fourth-order valence-electron chi connectivity index (χ4n) is 2.87. The van der Waals surface area contributed by atoms with E-state index in [2.05, 4.69) is 11.9 Å². The van der Waals surface area contributed by atoms with E-state index in [-0.39, 0.29) is 11.9 Å². The number of nitrogens with one attached hydrogen (secondary N) is 2. The van der Waals surface area contributed by atoms with Crippen LogP contribution in [0.1, 0.15) is 77.0 Å². The highest BCUT2D eigenvalue weighted by atomic mass is 16.5. The zero-order valence-corrected chi connectivity index (χ0v) is 15.4. The normalized spacial score (nSPS) is 21.7. The molecule has 2 N–H and O–H groups in total. The van der Waals surface area contributed by atoms with Crippen molar-refractivity contribution in [1.82, 2.24) is 10.2 Å². The van der Waals surface area contributed by atoms with Crippen molar-refractivity contribution in [3.63, 3.8) is 0 Å². The Balaban J connectivity index is 2.38. The van der Waals surface area contributed by atoms with Crippen LogP contribution in [0.2, 0.25) is 0 Å². The molecule has 0 radical (unpaired) electrons. The van der Waals surface area contributed by atoms with Crippen LogP contribution in [0.4, 0.5) is 0 Å². The summed E-state index contributed by atoms with van der Waals surface area (Å²) in [6.45, 7) is 5.02. The molecular weight excluding hydrogens is 302 g/mol. The van der Waals surface area contributed by atoms with E-state index in [0.29, 0.717) is 25.3 Å². The molecule has 138 valence electrons. The van der Waals surface area contributed by atoms with Crippen LogP contribution in [-0.2, 0) is 9.53 Å². The van der Waals surface area contributed by atoms with Gasteiger partial charge in [0.25, 0.3) is 0 Å². The molecule has 1 rings (SSSR count). The maximum absolute atomic E-state index is 11.9. The number of amides is 1. The van der Waals surface area contributed by atoms with Crippen LogP contribution in [0.3, 0.4) is 0 Å². The Morgan fingerprint density at radius 1 is 0.958 bits per heavy atom. The number of hydrogen-bond donors (Lipinski definition) is 2. The monoisotopic (exact) mass is 337 g/mol. The number of hydrogen-bond acceptors (Lipinski definition) is 3. The Hall–Kier alpha value is -1.52. The molecule has 1 aliphatic heterocycles. The highest BCUT2D eigenvalue weighted by Crippen LogP contribution is 2.12. The molecule has 1 fully saturated rings. The molecule has 0 aromatic rings. The number of carbonyl (C=O) groups excluding carboxylic acids is 1. The molecule has 0 atom stereocenters. The van der Waals surface area contributed by atoms with Gasteiger partial charge in [-0.05, 0) is 12.8 Å². The van der Waals surface area contributed by atoms with Gasteiger partial charge in [0.2, 0.25) is 5.91 Å². The summed E-state index contributed by atoms with van der Waals surface area (Å²) in [4.78, 5) is 13.5. The highest BCUT2D eigenvalue weighted by Gasteiger charge is 2.10. The lowest BCUT2D eigenvalue weighted by Crippen LogP contribution is -2.42. The second-order valence-electron chi connectivity index (χ2n) is 6.78. The summed E-state index contributed by atoms with van der Waals surface area (Å²) in [5.41, 5.74) is 0. The molecule has 24 heavy (non-hydrogen) atoms. The van der Waals surface area contributed by atoms with Crippen LogP contribution in [0.5, 0.6) is 0 Å². The molecule has 1 heterocycles.